The third kappa shape index (κ3) is 2.46. The molecule has 0 aliphatic carbocycles. The molecular formula is C15H10ClNO3S. The zero-order valence-corrected chi connectivity index (χ0v) is 12.5. The molecule has 0 atom stereocenters. The second-order valence-corrected chi connectivity index (χ2v) is 5.70. The molecule has 0 bridgehead atoms. The summed E-state index contributed by atoms with van der Waals surface area (Å²) >= 11 is 7.61. The van der Waals surface area contributed by atoms with Gasteiger partial charge >= 0.3 is 5.97 Å². The number of carboxylic acid groups (broad SMARTS) is 1. The zero-order chi connectivity index (χ0) is 15.0. The van der Waals surface area contributed by atoms with Gasteiger partial charge in [0.1, 0.15) is 5.75 Å². The van der Waals surface area contributed by atoms with Crippen molar-refractivity contribution in [3.63, 3.8) is 0 Å². The van der Waals surface area contributed by atoms with Gasteiger partial charge in [-0.05, 0) is 29.6 Å². The molecule has 2 aromatic heterocycles. The van der Waals surface area contributed by atoms with Crippen molar-refractivity contribution in [1.29, 1.82) is 0 Å². The number of hydrogen-bond donors (Lipinski definition) is 1. The minimum atomic E-state index is -1.01. The number of carbonyl (C=O) groups is 1. The molecule has 0 amide bonds. The van der Waals surface area contributed by atoms with Gasteiger partial charge in [0.25, 0.3) is 0 Å². The summed E-state index contributed by atoms with van der Waals surface area (Å²) in [7, 11) is 1.49. The Morgan fingerprint density at radius 2 is 2.19 bits per heavy atom. The van der Waals surface area contributed by atoms with Crippen LogP contribution >= 0.6 is 22.9 Å². The normalized spacial score (nSPS) is 10.8. The van der Waals surface area contributed by atoms with Crippen LogP contribution in [0.15, 0.2) is 35.7 Å². The lowest BCUT2D eigenvalue weighted by molar-refractivity contribution is 0.0699. The Morgan fingerprint density at radius 1 is 1.38 bits per heavy atom. The Kier molecular flexibility index (Phi) is 3.53. The van der Waals surface area contributed by atoms with E-state index >= 15 is 0 Å². The quantitative estimate of drug-likeness (QED) is 0.781. The fraction of sp³-hybridized carbons (Fsp3) is 0.0667. The van der Waals surface area contributed by atoms with E-state index in [0.717, 1.165) is 4.88 Å². The highest BCUT2D eigenvalue weighted by Crippen LogP contribution is 2.33. The first-order valence-electron chi connectivity index (χ1n) is 6.05. The molecule has 0 aliphatic rings. The van der Waals surface area contributed by atoms with Crippen LogP contribution in [0, 0.1) is 0 Å². The number of ether oxygens (including phenoxy) is 1. The molecule has 2 heterocycles. The van der Waals surface area contributed by atoms with Gasteiger partial charge in [-0.25, -0.2) is 9.78 Å². The zero-order valence-electron chi connectivity index (χ0n) is 11.0. The van der Waals surface area contributed by atoms with Gasteiger partial charge in [-0.15, -0.1) is 11.3 Å². The number of aromatic carboxylic acids is 1. The Morgan fingerprint density at radius 3 is 2.81 bits per heavy atom. The molecule has 0 spiro atoms. The third-order valence-corrected chi connectivity index (χ3v) is 4.27. The smallest absolute Gasteiger partial charge is 0.336 e. The summed E-state index contributed by atoms with van der Waals surface area (Å²) in [6, 6.07) is 8.60. The molecule has 106 valence electrons. The van der Waals surface area contributed by atoms with Gasteiger partial charge in [0.15, 0.2) is 0 Å². The summed E-state index contributed by atoms with van der Waals surface area (Å²) < 4.78 is 5.14. The molecule has 1 aromatic carbocycles. The van der Waals surface area contributed by atoms with Crippen molar-refractivity contribution in [3.8, 4) is 16.3 Å². The molecule has 4 nitrogen and oxygen atoms in total. The second kappa shape index (κ2) is 5.35. The summed E-state index contributed by atoms with van der Waals surface area (Å²) in [5.41, 5.74) is 1.33. The molecule has 0 aliphatic heterocycles. The number of rotatable bonds is 3. The highest BCUT2D eigenvalue weighted by Gasteiger charge is 2.15. The number of pyridine rings is 1. The number of methoxy groups -OCH3 is 1. The molecule has 0 radical (unpaired) electrons. The van der Waals surface area contributed by atoms with E-state index in [2.05, 4.69) is 4.98 Å². The third-order valence-electron chi connectivity index (χ3n) is 3.09. The van der Waals surface area contributed by atoms with E-state index in [1.165, 1.54) is 18.4 Å². The van der Waals surface area contributed by atoms with E-state index in [0.29, 0.717) is 27.4 Å². The van der Waals surface area contributed by atoms with Gasteiger partial charge in [0, 0.05) is 5.39 Å². The maximum Gasteiger partial charge on any atom is 0.336 e. The first-order valence-corrected chi connectivity index (χ1v) is 7.31. The maximum absolute atomic E-state index is 11.5. The van der Waals surface area contributed by atoms with Gasteiger partial charge in [-0.3, -0.25) is 0 Å². The molecule has 1 N–H and O–H groups in total. The minimum Gasteiger partial charge on any atom is -0.495 e. The van der Waals surface area contributed by atoms with Crippen LogP contribution in [0.25, 0.3) is 21.5 Å². The van der Waals surface area contributed by atoms with Crippen LogP contribution in [0.2, 0.25) is 5.02 Å². The average Bonchev–Trinajstić information content (AvgIpc) is 2.99. The van der Waals surface area contributed by atoms with Gasteiger partial charge < -0.3 is 9.84 Å². The lowest BCUT2D eigenvalue weighted by Crippen LogP contribution is -2.00. The van der Waals surface area contributed by atoms with E-state index in [1.807, 2.05) is 17.5 Å². The largest absolute Gasteiger partial charge is 0.495 e. The molecule has 0 saturated carbocycles. The van der Waals surface area contributed by atoms with Crippen LogP contribution in [-0.4, -0.2) is 23.2 Å². The van der Waals surface area contributed by atoms with E-state index < -0.39 is 5.97 Å². The van der Waals surface area contributed by atoms with Crippen LogP contribution < -0.4 is 4.74 Å². The predicted octanol–water partition coefficient (Wildman–Crippen LogP) is 4.32. The molecular weight excluding hydrogens is 310 g/mol. The minimum absolute atomic E-state index is 0.179. The monoisotopic (exact) mass is 319 g/mol. The number of hydrogen-bond acceptors (Lipinski definition) is 4. The molecule has 6 heteroatoms. The van der Waals surface area contributed by atoms with Crippen molar-refractivity contribution in [2.24, 2.45) is 0 Å². The summed E-state index contributed by atoms with van der Waals surface area (Å²) in [6.07, 6.45) is 0. The first kappa shape index (κ1) is 13.9. The van der Waals surface area contributed by atoms with E-state index in [4.69, 9.17) is 16.3 Å². The standard InChI is InChI=1S/C15H10ClNO3S/c1-20-13-6-8-9(15(18)19)5-12(14-3-2-4-21-14)17-11(8)7-10(13)16/h2-7H,1H3,(H,18,19). The van der Waals surface area contributed by atoms with Crippen molar-refractivity contribution in [2.75, 3.05) is 7.11 Å². The van der Waals surface area contributed by atoms with Crippen LogP contribution in [0.1, 0.15) is 10.4 Å². The van der Waals surface area contributed by atoms with Crippen LogP contribution in [0.5, 0.6) is 5.75 Å². The van der Waals surface area contributed by atoms with Crippen molar-refractivity contribution < 1.29 is 14.6 Å². The lowest BCUT2D eigenvalue weighted by Gasteiger charge is -2.09. The number of carboxylic acids is 1. The fourth-order valence-electron chi connectivity index (χ4n) is 2.11. The van der Waals surface area contributed by atoms with Crippen LogP contribution in [0.3, 0.4) is 0 Å². The Labute approximate surface area is 129 Å². The molecule has 3 rings (SSSR count). The number of aromatic nitrogens is 1. The molecule has 0 unspecified atom stereocenters. The van der Waals surface area contributed by atoms with E-state index in [-0.39, 0.29) is 5.56 Å². The summed E-state index contributed by atoms with van der Waals surface area (Å²) in [5.74, 6) is -0.582. The van der Waals surface area contributed by atoms with Crippen LogP contribution in [0.4, 0.5) is 0 Å². The van der Waals surface area contributed by atoms with Crippen molar-refractivity contribution in [2.45, 2.75) is 0 Å². The lowest BCUT2D eigenvalue weighted by atomic mass is 10.1. The molecule has 3 aromatic rings. The van der Waals surface area contributed by atoms with E-state index in [1.54, 1.807) is 18.2 Å². The predicted molar refractivity (Wildman–Crippen MR) is 83.6 cm³/mol. The second-order valence-electron chi connectivity index (χ2n) is 4.34. The Bertz CT molecular complexity index is 831. The highest BCUT2D eigenvalue weighted by molar-refractivity contribution is 7.13. The highest BCUT2D eigenvalue weighted by atomic mass is 35.5. The fourth-order valence-corrected chi connectivity index (χ4v) is 3.03. The maximum atomic E-state index is 11.5. The summed E-state index contributed by atoms with van der Waals surface area (Å²) in [6.45, 7) is 0. The van der Waals surface area contributed by atoms with Gasteiger partial charge in [0.05, 0.1) is 33.8 Å². The van der Waals surface area contributed by atoms with Crippen molar-refractivity contribution in [3.05, 3.63) is 46.3 Å². The number of benzene rings is 1. The average molecular weight is 320 g/mol. The Hall–Kier alpha value is -2.11. The van der Waals surface area contributed by atoms with E-state index in [9.17, 15) is 9.90 Å². The van der Waals surface area contributed by atoms with Gasteiger partial charge in [0.2, 0.25) is 0 Å². The molecule has 21 heavy (non-hydrogen) atoms. The topological polar surface area (TPSA) is 59.4 Å². The van der Waals surface area contributed by atoms with Gasteiger partial charge in [-0.1, -0.05) is 17.7 Å². The Balaban J connectivity index is 2.34. The number of thiophene rings is 1. The first-order chi connectivity index (χ1) is 10.1. The summed E-state index contributed by atoms with van der Waals surface area (Å²) in [5, 5.41) is 12.3. The van der Waals surface area contributed by atoms with Crippen molar-refractivity contribution in [1.82, 2.24) is 4.98 Å². The number of fused-ring (bicyclic) bond motifs is 1. The van der Waals surface area contributed by atoms with Crippen LogP contribution in [-0.2, 0) is 0 Å². The number of halogens is 1. The van der Waals surface area contributed by atoms with Crippen molar-refractivity contribution >= 4 is 39.8 Å². The molecule has 0 fully saturated rings. The molecule has 0 saturated heterocycles. The summed E-state index contributed by atoms with van der Waals surface area (Å²) in [4.78, 5) is 16.9. The SMILES string of the molecule is COc1cc2c(C(=O)O)cc(-c3cccs3)nc2cc1Cl. The van der Waals surface area contributed by atoms with Gasteiger partial charge in [-0.2, -0.15) is 0 Å². The number of nitrogens with zero attached hydrogens (tertiary/aromatic N) is 1.